The predicted molar refractivity (Wildman–Crippen MR) is 157 cm³/mol. The minimum atomic E-state index is -1.69. The van der Waals surface area contributed by atoms with Crippen LogP contribution in [0.5, 0.6) is 29.0 Å². The fourth-order valence-electron chi connectivity index (χ4n) is 4.45. The third kappa shape index (κ3) is 6.48. The number of nitrogens with zero attached hydrogens (tertiary/aromatic N) is 2. The van der Waals surface area contributed by atoms with Crippen LogP contribution in [0.4, 0.5) is 14.5 Å². The van der Waals surface area contributed by atoms with Gasteiger partial charge in [0.1, 0.15) is 24.0 Å². The Hall–Kier alpha value is -6.06. The summed E-state index contributed by atoms with van der Waals surface area (Å²) in [5.74, 6) is -6.80. The molecule has 1 heterocycles. The molecule has 10 nitrogen and oxygen atoms in total. The van der Waals surface area contributed by atoms with E-state index in [1.807, 2.05) is 36.4 Å². The summed E-state index contributed by atoms with van der Waals surface area (Å²) in [7, 11) is 1.09. The molecule has 0 aliphatic heterocycles. The zero-order valence-electron chi connectivity index (χ0n) is 23.5. The highest BCUT2D eigenvalue weighted by molar-refractivity contribution is 6.23. The number of anilines is 1. The van der Waals surface area contributed by atoms with E-state index in [0.717, 1.165) is 24.8 Å². The number of benzene rings is 3. The molecule has 1 unspecified atom stereocenters. The second kappa shape index (κ2) is 13.1. The van der Waals surface area contributed by atoms with Crippen molar-refractivity contribution in [3.63, 3.8) is 0 Å². The summed E-state index contributed by atoms with van der Waals surface area (Å²) in [6, 6.07) is 21.2. The first kappa shape index (κ1) is 30.4. The normalized spacial score (nSPS) is 14.2. The Morgan fingerprint density at radius 2 is 1.71 bits per heavy atom. The first-order chi connectivity index (χ1) is 21.7. The average Bonchev–Trinajstić information content (AvgIpc) is 3.03. The molecule has 45 heavy (non-hydrogen) atoms. The van der Waals surface area contributed by atoms with Crippen molar-refractivity contribution in [3.05, 3.63) is 119 Å². The van der Waals surface area contributed by atoms with E-state index in [1.165, 1.54) is 36.4 Å². The number of ether oxygens (including phenoxy) is 4. The molecule has 0 saturated heterocycles. The number of nitrogen functional groups attached to an aromatic ring is 1. The first-order valence-electron chi connectivity index (χ1n) is 13.2. The van der Waals surface area contributed by atoms with E-state index in [9.17, 15) is 20.0 Å². The Balaban J connectivity index is 1.65. The molecule has 4 aromatic rings. The second-order valence-corrected chi connectivity index (χ2v) is 9.54. The van der Waals surface area contributed by atoms with Gasteiger partial charge in [0.15, 0.2) is 23.1 Å². The Labute approximate surface area is 255 Å². The number of carbonyl (C=O) groups is 2. The molecule has 0 spiro atoms. The number of halogens is 2. The van der Waals surface area contributed by atoms with Gasteiger partial charge in [-0.1, -0.05) is 42.5 Å². The van der Waals surface area contributed by atoms with Crippen LogP contribution in [-0.2, 0) is 20.9 Å². The van der Waals surface area contributed by atoms with E-state index in [-0.39, 0.29) is 40.7 Å². The van der Waals surface area contributed by atoms with Gasteiger partial charge < -0.3 is 29.8 Å². The highest BCUT2D eigenvalue weighted by atomic mass is 19.1. The third-order valence-corrected chi connectivity index (χ3v) is 6.58. The van der Waals surface area contributed by atoms with Gasteiger partial charge in [-0.05, 0) is 35.9 Å². The van der Waals surface area contributed by atoms with Gasteiger partial charge in [0.25, 0.3) is 11.8 Å². The minimum Gasteiger partial charge on any atom is -0.485 e. The first-order valence-corrected chi connectivity index (χ1v) is 13.2. The van der Waals surface area contributed by atoms with E-state index >= 15 is 8.78 Å². The molecule has 1 aliphatic carbocycles. The maximum absolute atomic E-state index is 16.3. The highest BCUT2D eigenvalue weighted by Gasteiger charge is 2.37. The number of aromatic nitrogens is 1. The van der Waals surface area contributed by atoms with Gasteiger partial charge in [0.2, 0.25) is 5.78 Å². The van der Waals surface area contributed by atoms with Crippen molar-refractivity contribution < 1.29 is 42.4 Å². The summed E-state index contributed by atoms with van der Waals surface area (Å²) < 4.78 is 54.9. The minimum absolute atomic E-state index is 0.0494. The topological polar surface area (TPSA) is 154 Å². The van der Waals surface area contributed by atoms with Gasteiger partial charge >= 0.3 is 5.97 Å². The molecular formula is C33H23F2N3O7. The van der Waals surface area contributed by atoms with E-state index in [4.69, 9.17) is 24.7 Å². The van der Waals surface area contributed by atoms with Gasteiger partial charge in [-0.3, -0.25) is 4.79 Å². The molecule has 3 aromatic carbocycles. The number of hydrogen-bond acceptors (Lipinski definition) is 9. The number of pyridine rings is 1. The number of nitrogens with two attached hydrogens (primary N) is 1. The Kier molecular flexibility index (Phi) is 8.83. The van der Waals surface area contributed by atoms with Crippen molar-refractivity contribution in [1.29, 1.82) is 5.26 Å². The molecule has 5 rings (SSSR count). The van der Waals surface area contributed by atoms with Crippen LogP contribution in [0.1, 0.15) is 16.7 Å². The Morgan fingerprint density at radius 1 is 0.978 bits per heavy atom. The van der Waals surface area contributed by atoms with Crippen LogP contribution in [0.3, 0.4) is 0 Å². The third-order valence-electron chi connectivity index (χ3n) is 6.58. The molecule has 1 aromatic heterocycles. The van der Waals surface area contributed by atoms with Crippen LogP contribution in [0.2, 0.25) is 0 Å². The Bertz CT molecular complexity index is 1900. The van der Waals surface area contributed by atoms with Gasteiger partial charge in [-0.15, -0.1) is 0 Å². The number of nitriles is 1. The average molecular weight is 612 g/mol. The number of allylic oxidation sites excluding steroid dienone is 2. The van der Waals surface area contributed by atoms with Crippen molar-refractivity contribution in [1.82, 2.24) is 4.98 Å². The summed E-state index contributed by atoms with van der Waals surface area (Å²) in [5, 5.41) is 18.9. The molecule has 0 amide bonds. The Morgan fingerprint density at radius 3 is 2.38 bits per heavy atom. The fourth-order valence-corrected chi connectivity index (χ4v) is 4.45. The highest BCUT2D eigenvalue weighted by Crippen LogP contribution is 2.41. The monoisotopic (exact) mass is 611 g/mol. The lowest BCUT2D eigenvalue weighted by Crippen LogP contribution is -2.32. The van der Waals surface area contributed by atoms with Crippen LogP contribution in [0.25, 0.3) is 5.57 Å². The number of carboxylic acids is 1. The zero-order valence-corrected chi connectivity index (χ0v) is 23.5. The summed E-state index contributed by atoms with van der Waals surface area (Å²) in [6.07, 6.45) is 0.283. The smallest absolute Gasteiger partial charge is 0.339 e. The molecule has 0 bridgehead atoms. The lowest BCUT2D eigenvalue weighted by atomic mass is 9.89. The molecule has 3 N–H and O–H groups in total. The molecule has 0 saturated carbocycles. The SMILES string of the molecule is COC1C(=O)C(C(=O)O)=CC=C1c1c(F)c(Oc2cccc(N)c2)nc(Oc2cc(C#N)ccc2OCc2ccccc2)c1F. The molecule has 12 heteroatoms. The number of carboxylic acid groups (broad SMARTS) is 1. The number of hydrogen-bond donors (Lipinski definition) is 2. The molecule has 0 radical (unpaired) electrons. The van der Waals surface area contributed by atoms with Gasteiger partial charge in [0, 0.05) is 30.5 Å². The number of carbonyl (C=O) groups excluding carboxylic acids is 1. The van der Waals surface area contributed by atoms with E-state index in [2.05, 4.69) is 4.98 Å². The van der Waals surface area contributed by atoms with Crippen LogP contribution >= 0.6 is 0 Å². The van der Waals surface area contributed by atoms with E-state index in [1.54, 1.807) is 6.07 Å². The van der Waals surface area contributed by atoms with Crippen molar-refractivity contribution >= 4 is 23.0 Å². The quantitative estimate of drug-likeness (QED) is 0.162. The summed E-state index contributed by atoms with van der Waals surface area (Å²) in [4.78, 5) is 28.4. The predicted octanol–water partition coefficient (Wildman–Crippen LogP) is 5.97. The summed E-state index contributed by atoms with van der Waals surface area (Å²) in [5.41, 5.74) is 5.25. The van der Waals surface area contributed by atoms with Crippen molar-refractivity contribution in [2.24, 2.45) is 0 Å². The van der Waals surface area contributed by atoms with Gasteiger partial charge in [0.05, 0.1) is 17.2 Å². The number of rotatable bonds is 10. The van der Waals surface area contributed by atoms with Gasteiger partial charge in [-0.2, -0.15) is 10.2 Å². The maximum Gasteiger partial charge on any atom is 0.339 e. The summed E-state index contributed by atoms with van der Waals surface area (Å²) >= 11 is 0. The van der Waals surface area contributed by atoms with E-state index < -0.39 is 52.4 Å². The molecule has 1 atom stereocenters. The fraction of sp³-hybridized carbons (Fsp3) is 0.0909. The van der Waals surface area contributed by atoms with E-state index in [0.29, 0.717) is 0 Å². The lowest BCUT2D eigenvalue weighted by Gasteiger charge is -2.23. The number of Topliss-reactive ketones (excluding diaryl/α,β-unsaturated/α-hetero) is 1. The van der Waals surface area contributed by atoms with Crippen molar-refractivity contribution in [3.8, 4) is 35.1 Å². The van der Waals surface area contributed by atoms with Crippen LogP contribution < -0.4 is 19.9 Å². The number of aliphatic carboxylic acids is 1. The molecule has 0 fully saturated rings. The second-order valence-electron chi connectivity index (χ2n) is 9.54. The largest absolute Gasteiger partial charge is 0.485 e. The zero-order chi connectivity index (χ0) is 32.1. The van der Waals surface area contributed by atoms with Crippen LogP contribution in [0, 0.1) is 23.0 Å². The number of ketones is 1. The molecular weight excluding hydrogens is 588 g/mol. The van der Waals surface area contributed by atoms with Crippen LogP contribution in [0.15, 0.2) is 90.5 Å². The van der Waals surface area contributed by atoms with Crippen molar-refractivity contribution in [2.75, 3.05) is 12.8 Å². The van der Waals surface area contributed by atoms with Crippen LogP contribution in [-0.4, -0.2) is 35.1 Å². The van der Waals surface area contributed by atoms with Gasteiger partial charge in [-0.25, -0.2) is 13.6 Å². The molecule has 226 valence electrons. The maximum atomic E-state index is 16.3. The molecule has 1 aliphatic rings. The van der Waals surface area contributed by atoms with Crippen molar-refractivity contribution in [2.45, 2.75) is 12.7 Å². The lowest BCUT2D eigenvalue weighted by molar-refractivity contribution is -0.136. The standard InChI is InChI=1S/C33H23F2N3O7/c1-42-30-22(11-12-23(29(30)39)33(40)41)26-27(34)31(44-21-9-5-8-20(37)15-21)38-32(28(26)35)45-25-14-19(16-36)10-13-24(25)43-17-18-6-3-2-4-7-18/h2-15,30H,17,37H2,1H3,(H,40,41). The summed E-state index contributed by atoms with van der Waals surface area (Å²) in [6.45, 7) is 0.0975. The number of methoxy groups -OCH3 is 1.